The van der Waals surface area contributed by atoms with Crippen LogP contribution in [0.25, 0.3) is 0 Å². The van der Waals surface area contributed by atoms with Crippen molar-refractivity contribution in [1.29, 1.82) is 0 Å². The molecule has 0 aliphatic rings. The molecule has 0 heterocycles. The molecule has 2 atom stereocenters. The van der Waals surface area contributed by atoms with Crippen molar-refractivity contribution < 1.29 is 28.7 Å². The van der Waals surface area contributed by atoms with Crippen molar-refractivity contribution in [2.24, 2.45) is 0 Å². The number of ether oxygens (including phenoxy) is 2. The van der Waals surface area contributed by atoms with Gasteiger partial charge in [-0.1, -0.05) is 7.43 Å². The number of amides is 1. The van der Waals surface area contributed by atoms with Crippen LogP contribution in [0.2, 0.25) is 0 Å². The van der Waals surface area contributed by atoms with Crippen LogP contribution in [0.4, 0.5) is 4.79 Å². The highest BCUT2D eigenvalue weighted by atomic mass is 16.5. The number of nitrogens with zero attached hydrogens (tertiary/aromatic N) is 1. The van der Waals surface area contributed by atoms with Gasteiger partial charge in [-0.3, -0.25) is 4.79 Å². The normalized spacial score (nSPS) is 11.6. The first-order valence-electron chi connectivity index (χ1n) is 7.59. The molecule has 7 nitrogen and oxygen atoms in total. The highest BCUT2D eigenvalue weighted by molar-refractivity contribution is 6.97. The zero-order chi connectivity index (χ0) is 19.3. The average Bonchev–Trinajstić information content (AvgIpc) is 2.44. The third-order valence-corrected chi connectivity index (χ3v) is 2.80. The highest BCUT2D eigenvalue weighted by Gasteiger charge is 2.21. The summed E-state index contributed by atoms with van der Waals surface area (Å²) in [5.74, 6) is -0.301. The molecule has 0 aromatic rings. The van der Waals surface area contributed by atoms with Crippen LogP contribution >= 0.6 is 0 Å². The van der Waals surface area contributed by atoms with Crippen LogP contribution in [0, 0.1) is 0 Å². The predicted octanol–water partition coefficient (Wildman–Crippen LogP) is 1.15. The molecular formula is C16H31B2NO6. The van der Waals surface area contributed by atoms with E-state index < -0.39 is 0 Å². The van der Waals surface area contributed by atoms with E-state index in [0.717, 1.165) is 14.6 Å². The third-order valence-electron chi connectivity index (χ3n) is 2.80. The van der Waals surface area contributed by atoms with Gasteiger partial charge in [-0.05, 0) is 34.6 Å². The number of rotatable bonds is 10. The molecular weight excluding hydrogens is 324 g/mol. The lowest BCUT2D eigenvalue weighted by Crippen LogP contribution is -2.44. The fourth-order valence-corrected chi connectivity index (χ4v) is 1.58. The van der Waals surface area contributed by atoms with Crippen LogP contribution in [-0.2, 0) is 23.9 Å². The van der Waals surface area contributed by atoms with Crippen LogP contribution in [0.1, 0.15) is 42.0 Å². The van der Waals surface area contributed by atoms with Gasteiger partial charge in [-0.2, -0.15) is 0 Å². The first-order valence-corrected chi connectivity index (χ1v) is 7.59. The van der Waals surface area contributed by atoms with Gasteiger partial charge in [0.2, 0.25) is 0 Å². The van der Waals surface area contributed by atoms with Crippen LogP contribution in [0.15, 0.2) is 0 Å². The summed E-state index contributed by atoms with van der Waals surface area (Å²) in [6.45, 7) is 8.66. The molecule has 0 saturated heterocycles. The molecule has 0 aromatic heterocycles. The second-order valence-electron chi connectivity index (χ2n) is 5.46. The minimum Gasteiger partial charge on any atom is -0.380 e. The number of hydrogen-bond acceptors (Lipinski definition) is 6. The first kappa shape index (κ1) is 28.3. The summed E-state index contributed by atoms with van der Waals surface area (Å²) < 4.78 is 10.2. The van der Waals surface area contributed by atoms with Crippen molar-refractivity contribution in [2.75, 3.05) is 27.3 Å². The summed E-state index contributed by atoms with van der Waals surface area (Å²) in [6, 6.07) is 0. The molecule has 25 heavy (non-hydrogen) atoms. The molecule has 9 heteroatoms. The fourth-order valence-electron chi connectivity index (χ4n) is 1.58. The Balaban J connectivity index is -0.000000513. The average molecular weight is 355 g/mol. The van der Waals surface area contributed by atoms with E-state index in [0.29, 0.717) is 13.1 Å². The van der Waals surface area contributed by atoms with Crippen molar-refractivity contribution in [1.82, 2.24) is 4.90 Å². The second kappa shape index (κ2) is 16.0. The molecule has 142 valence electrons. The van der Waals surface area contributed by atoms with Crippen molar-refractivity contribution in [2.45, 2.75) is 54.3 Å². The van der Waals surface area contributed by atoms with Gasteiger partial charge in [-0.25, -0.2) is 0 Å². The monoisotopic (exact) mass is 355 g/mol. The Hall–Kier alpha value is -1.47. The quantitative estimate of drug-likeness (QED) is 0.546. The van der Waals surface area contributed by atoms with E-state index in [1.54, 1.807) is 19.1 Å². The van der Waals surface area contributed by atoms with Crippen molar-refractivity contribution in [3.05, 3.63) is 0 Å². The molecule has 0 aliphatic carbocycles. The molecule has 0 spiro atoms. The molecule has 0 saturated carbocycles. The van der Waals surface area contributed by atoms with Gasteiger partial charge in [0.1, 0.15) is 0 Å². The molecule has 2 radical (unpaired) electrons. The minimum atomic E-state index is -0.301. The van der Waals surface area contributed by atoms with Gasteiger partial charge in [0.15, 0.2) is 5.81 Å². The Labute approximate surface area is 153 Å². The Morgan fingerprint density at radius 1 is 0.800 bits per heavy atom. The number of hydrogen-bond donors (Lipinski definition) is 0. The van der Waals surface area contributed by atoms with Gasteiger partial charge in [0, 0.05) is 27.3 Å². The molecule has 0 aliphatic heterocycles. The van der Waals surface area contributed by atoms with E-state index in [4.69, 9.17) is 9.47 Å². The van der Waals surface area contributed by atoms with Gasteiger partial charge >= 0.3 is 7.28 Å². The van der Waals surface area contributed by atoms with E-state index in [1.807, 2.05) is 13.8 Å². The summed E-state index contributed by atoms with van der Waals surface area (Å²) in [7, 11) is 5.31. The zero-order valence-corrected chi connectivity index (χ0v) is 15.6. The third kappa shape index (κ3) is 18.7. The Morgan fingerprint density at radius 2 is 1.12 bits per heavy atom. The summed E-state index contributed by atoms with van der Waals surface area (Å²) in [5.41, 5.74) is -0.630. The maximum atomic E-state index is 11.8. The highest BCUT2D eigenvalue weighted by Crippen LogP contribution is 2.01. The summed E-state index contributed by atoms with van der Waals surface area (Å²) >= 11 is 0. The lowest BCUT2D eigenvalue weighted by Gasteiger charge is -2.27. The van der Waals surface area contributed by atoms with Crippen LogP contribution in [-0.4, -0.2) is 81.8 Å². The predicted molar refractivity (Wildman–Crippen MR) is 100 cm³/mol. The van der Waals surface area contributed by atoms with E-state index in [9.17, 15) is 19.2 Å². The van der Waals surface area contributed by atoms with E-state index >= 15 is 0 Å². The van der Waals surface area contributed by atoms with Crippen LogP contribution in [0.3, 0.4) is 0 Å². The van der Waals surface area contributed by atoms with Crippen molar-refractivity contribution in [3.8, 4) is 0 Å². The molecule has 0 N–H and O–H groups in total. The molecule has 0 fully saturated rings. The SMILES string of the molecule is C.CC(=O)[B]C(C)=O.COC(C)CN(CC(C)OC)C(=O)[B]C(C)=O. The fraction of sp³-hybridized carbons (Fsp3) is 0.750. The number of carbonyl (C=O) groups is 4. The Morgan fingerprint density at radius 3 is 1.32 bits per heavy atom. The Kier molecular flexibility index (Phi) is 18.2. The van der Waals surface area contributed by atoms with Gasteiger partial charge in [-0.15, -0.1) is 0 Å². The smallest absolute Gasteiger partial charge is 0.320 e. The maximum Gasteiger partial charge on any atom is 0.320 e. The van der Waals surface area contributed by atoms with Crippen LogP contribution in [0.5, 0.6) is 0 Å². The van der Waals surface area contributed by atoms with Crippen molar-refractivity contribution in [3.63, 3.8) is 0 Å². The van der Waals surface area contributed by atoms with E-state index in [-0.39, 0.29) is 42.5 Å². The van der Waals surface area contributed by atoms with Crippen molar-refractivity contribution >= 4 is 37.4 Å². The van der Waals surface area contributed by atoms with Gasteiger partial charge < -0.3 is 28.8 Å². The molecule has 2 unspecified atom stereocenters. The lowest BCUT2D eigenvalue weighted by atomic mass is 9.70. The lowest BCUT2D eigenvalue weighted by molar-refractivity contribution is -0.113. The minimum absolute atomic E-state index is 0. The number of methoxy groups -OCH3 is 2. The maximum absolute atomic E-state index is 11.8. The molecule has 0 bridgehead atoms. The standard InChI is InChI=1S/C11H21BNO4.C4H6BO2.CH4/c1-8(16-4)6-13(7-9(2)17-5)11(15)12-10(3)14;1-3(6)5-4(2)7;/h8-9H,6-7H2,1-5H3;1-2H3;1H4. The zero-order valence-electron chi connectivity index (χ0n) is 15.6. The van der Waals surface area contributed by atoms with E-state index in [2.05, 4.69) is 0 Å². The second-order valence-corrected chi connectivity index (χ2v) is 5.46. The summed E-state index contributed by atoms with van der Waals surface area (Å²) in [4.78, 5) is 44.2. The first-order chi connectivity index (χ1) is 11.0. The van der Waals surface area contributed by atoms with Crippen LogP contribution < -0.4 is 0 Å². The summed E-state index contributed by atoms with van der Waals surface area (Å²) in [6.07, 6.45) is -0.160. The molecule has 0 rings (SSSR count). The summed E-state index contributed by atoms with van der Waals surface area (Å²) in [5, 5.41) is 0. The van der Waals surface area contributed by atoms with E-state index in [1.165, 1.54) is 20.8 Å². The topological polar surface area (TPSA) is 90.0 Å². The van der Waals surface area contributed by atoms with Gasteiger partial charge in [0.05, 0.1) is 29.3 Å². The number of carbonyl (C=O) groups excluding carboxylic acids is 4. The largest absolute Gasteiger partial charge is 0.380 e. The molecule has 1 amide bonds. The van der Waals surface area contributed by atoms with Gasteiger partial charge in [0.25, 0.3) is 7.28 Å². The Bertz CT molecular complexity index is 407. The molecule has 0 aromatic carbocycles.